The van der Waals surface area contributed by atoms with Crippen LogP contribution in [0.1, 0.15) is 0 Å². The van der Waals surface area contributed by atoms with Gasteiger partial charge >= 0.3 is 10.7 Å². The summed E-state index contributed by atoms with van der Waals surface area (Å²) in [5, 5.41) is 23.6. The van der Waals surface area contributed by atoms with Crippen molar-refractivity contribution in [3.63, 3.8) is 0 Å². The first-order valence-corrected chi connectivity index (χ1v) is 2.11. The molecule has 0 aliphatic rings. The topological polar surface area (TPSA) is 77.8 Å². The van der Waals surface area contributed by atoms with Crippen molar-refractivity contribution < 1.29 is 20.1 Å². The molecule has 0 rings (SSSR count). The van der Waals surface area contributed by atoms with Crippen molar-refractivity contribution >= 4 is 21.9 Å². The summed E-state index contributed by atoms with van der Waals surface area (Å²) in [4.78, 5) is 9.47. The Morgan fingerprint density at radius 2 is 1.71 bits per heavy atom. The number of hydrogen-bond donors (Lipinski definition) is 3. The molecule has 0 atom stereocenters. The molecule has 0 aromatic heterocycles. The maximum absolute atomic E-state index is 9.47. The molecule has 0 saturated heterocycles. The quantitative estimate of drug-likeness (QED) is 0.353. The molecule has 0 aromatic carbocycles. The van der Waals surface area contributed by atoms with E-state index >= 15 is 0 Å². The predicted octanol–water partition coefficient (Wildman–Crippen LogP) is -0.896. The number of carbonyl (C=O) groups is 1. The standard InChI is InChI=1S/C2H3BrO4/c3-2(6,7)1(4)5/h6-7H,(H,4,5). The zero-order chi connectivity index (χ0) is 6.08. The van der Waals surface area contributed by atoms with Gasteiger partial charge in [0.2, 0.25) is 0 Å². The van der Waals surface area contributed by atoms with Crippen LogP contribution in [0.5, 0.6) is 0 Å². The molecular formula is C2H3BrO4. The van der Waals surface area contributed by atoms with Gasteiger partial charge in [-0.25, -0.2) is 4.79 Å². The predicted molar refractivity (Wildman–Crippen MR) is 23.7 cm³/mol. The highest BCUT2D eigenvalue weighted by Gasteiger charge is 2.28. The third-order valence-corrected chi connectivity index (χ3v) is 0.611. The highest BCUT2D eigenvalue weighted by molar-refractivity contribution is 9.10. The monoisotopic (exact) mass is 170 g/mol. The fraction of sp³-hybridized carbons (Fsp3) is 0.500. The minimum Gasteiger partial charge on any atom is -0.477 e. The Balaban J connectivity index is 3.79. The average molecular weight is 171 g/mol. The minimum absolute atomic E-state index is 1.73. The number of aliphatic hydroxyl groups is 2. The lowest BCUT2D eigenvalue weighted by molar-refractivity contribution is -0.172. The molecular weight excluding hydrogens is 168 g/mol. The van der Waals surface area contributed by atoms with Crippen LogP contribution in [0.15, 0.2) is 0 Å². The highest BCUT2D eigenvalue weighted by atomic mass is 79.9. The Bertz CT molecular complexity index is 82.2. The van der Waals surface area contributed by atoms with Crippen LogP contribution in [0, 0.1) is 0 Å². The fourth-order valence-corrected chi connectivity index (χ4v) is 0. The van der Waals surface area contributed by atoms with E-state index in [1.54, 1.807) is 0 Å². The second kappa shape index (κ2) is 1.77. The highest BCUT2D eigenvalue weighted by Crippen LogP contribution is 2.06. The van der Waals surface area contributed by atoms with Gasteiger partial charge in [-0.3, -0.25) is 0 Å². The van der Waals surface area contributed by atoms with E-state index in [2.05, 4.69) is 15.9 Å². The third kappa shape index (κ3) is 2.55. The molecule has 0 aliphatic heterocycles. The van der Waals surface area contributed by atoms with Gasteiger partial charge in [-0.15, -0.1) is 0 Å². The van der Waals surface area contributed by atoms with E-state index in [0.29, 0.717) is 0 Å². The summed E-state index contributed by atoms with van der Waals surface area (Å²) in [5.74, 6) is -1.73. The van der Waals surface area contributed by atoms with E-state index in [-0.39, 0.29) is 0 Å². The molecule has 3 N–H and O–H groups in total. The van der Waals surface area contributed by atoms with Crippen LogP contribution >= 0.6 is 15.9 Å². The van der Waals surface area contributed by atoms with Crippen molar-refractivity contribution in [2.24, 2.45) is 0 Å². The molecule has 0 aromatic rings. The summed E-state index contributed by atoms with van der Waals surface area (Å²) >= 11 is 2.05. The van der Waals surface area contributed by atoms with E-state index in [1.165, 1.54) is 0 Å². The summed E-state index contributed by atoms with van der Waals surface area (Å²) in [7, 11) is 0. The third-order valence-electron chi connectivity index (χ3n) is 0.272. The van der Waals surface area contributed by atoms with Gasteiger partial charge in [0.05, 0.1) is 0 Å². The van der Waals surface area contributed by atoms with Crippen molar-refractivity contribution in [2.45, 2.75) is 4.70 Å². The van der Waals surface area contributed by atoms with Gasteiger partial charge in [-0.05, 0) is 15.9 Å². The molecule has 0 spiro atoms. The Hall–Kier alpha value is -0.130. The van der Waals surface area contributed by atoms with E-state index in [4.69, 9.17) is 15.3 Å². The zero-order valence-electron chi connectivity index (χ0n) is 3.13. The molecule has 0 unspecified atom stereocenters. The van der Waals surface area contributed by atoms with Crippen molar-refractivity contribution in [1.29, 1.82) is 0 Å². The molecule has 0 aliphatic carbocycles. The second-order valence-electron chi connectivity index (χ2n) is 0.892. The molecule has 4 nitrogen and oxygen atoms in total. The van der Waals surface area contributed by atoms with Crippen molar-refractivity contribution in [3.8, 4) is 0 Å². The lowest BCUT2D eigenvalue weighted by Gasteiger charge is -2.03. The summed E-state index contributed by atoms with van der Waals surface area (Å²) in [6, 6.07) is 0. The molecule has 0 fully saturated rings. The summed E-state index contributed by atoms with van der Waals surface area (Å²) in [6.07, 6.45) is 0. The molecule has 0 radical (unpaired) electrons. The molecule has 0 amide bonds. The van der Waals surface area contributed by atoms with Crippen LogP contribution in [0.4, 0.5) is 0 Å². The number of hydrogen-bond acceptors (Lipinski definition) is 3. The molecule has 0 saturated carbocycles. The Morgan fingerprint density at radius 1 is 1.57 bits per heavy atom. The summed E-state index contributed by atoms with van der Waals surface area (Å²) < 4.78 is -2.77. The Labute approximate surface area is 47.5 Å². The van der Waals surface area contributed by atoms with Crippen molar-refractivity contribution in [3.05, 3.63) is 0 Å². The average Bonchev–Trinajstić information content (AvgIpc) is 1.31. The van der Waals surface area contributed by atoms with E-state index in [9.17, 15) is 4.79 Å². The second-order valence-corrected chi connectivity index (χ2v) is 2.00. The lowest BCUT2D eigenvalue weighted by atomic mass is 10.7. The molecule has 42 valence electrons. The number of halogens is 1. The Kier molecular flexibility index (Phi) is 1.74. The number of carboxylic acid groups (broad SMARTS) is 1. The van der Waals surface area contributed by atoms with Crippen LogP contribution < -0.4 is 0 Å². The number of rotatable bonds is 1. The first kappa shape index (κ1) is 6.87. The van der Waals surface area contributed by atoms with Gasteiger partial charge < -0.3 is 15.3 Å². The van der Waals surface area contributed by atoms with E-state index in [0.717, 1.165) is 0 Å². The maximum atomic E-state index is 9.47. The van der Waals surface area contributed by atoms with Gasteiger partial charge in [-0.1, -0.05) is 0 Å². The van der Waals surface area contributed by atoms with Gasteiger partial charge in [0.25, 0.3) is 0 Å². The van der Waals surface area contributed by atoms with Gasteiger partial charge in [0.1, 0.15) is 0 Å². The molecule has 5 heteroatoms. The fourth-order valence-electron chi connectivity index (χ4n) is 0. The number of alkyl halides is 1. The Morgan fingerprint density at radius 3 is 1.71 bits per heavy atom. The van der Waals surface area contributed by atoms with Crippen LogP contribution in [-0.2, 0) is 4.79 Å². The van der Waals surface area contributed by atoms with Crippen LogP contribution in [0.3, 0.4) is 0 Å². The van der Waals surface area contributed by atoms with Gasteiger partial charge in [0, 0.05) is 0 Å². The smallest absolute Gasteiger partial charge is 0.376 e. The van der Waals surface area contributed by atoms with Crippen LogP contribution in [-0.4, -0.2) is 26.0 Å². The molecule has 0 heterocycles. The van der Waals surface area contributed by atoms with E-state index < -0.39 is 10.7 Å². The summed E-state index contributed by atoms with van der Waals surface area (Å²) in [5.41, 5.74) is 0. The lowest BCUT2D eigenvalue weighted by Crippen LogP contribution is -2.30. The normalized spacial score (nSPS) is 11.3. The number of carboxylic acids is 1. The van der Waals surface area contributed by atoms with Crippen LogP contribution in [0.25, 0.3) is 0 Å². The zero-order valence-corrected chi connectivity index (χ0v) is 4.71. The maximum Gasteiger partial charge on any atom is 0.376 e. The van der Waals surface area contributed by atoms with Gasteiger partial charge in [0.15, 0.2) is 0 Å². The molecule has 0 bridgehead atoms. The largest absolute Gasteiger partial charge is 0.477 e. The first-order chi connectivity index (χ1) is 2.94. The minimum atomic E-state index is -2.77. The van der Waals surface area contributed by atoms with Crippen LogP contribution in [0.2, 0.25) is 0 Å². The van der Waals surface area contributed by atoms with Crippen molar-refractivity contribution in [2.75, 3.05) is 0 Å². The van der Waals surface area contributed by atoms with Gasteiger partial charge in [-0.2, -0.15) is 0 Å². The van der Waals surface area contributed by atoms with Crippen molar-refractivity contribution in [1.82, 2.24) is 0 Å². The SMILES string of the molecule is O=C(O)C(O)(O)Br. The van der Waals surface area contributed by atoms with E-state index in [1.807, 2.05) is 0 Å². The summed E-state index contributed by atoms with van der Waals surface area (Å²) in [6.45, 7) is 0. The first-order valence-electron chi connectivity index (χ1n) is 1.31. The number of aliphatic carboxylic acids is 1. The molecule has 7 heavy (non-hydrogen) atoms.